The van der Waals surface area contributed by atoms with Crippen LogP contribution in [0.25, 0.3) is 0 Å². The lowest BCUT2D eigenvalue weighted by Crippen LogP contribution is -2.25. The predicted octanol–water partition coefficient (Wildman–Crippen LogP) is 3.94. The monoisotopic (exact) mass is 322 g/mol. The number of halogens is 2. The first-order valence-corrected chi connectivity index (χ1v) is 7.12. The molecule has 0 saturated carbocycles. The van der Waals surface area contributed by atoms with Crippen LogP contribution >= 0.6 is 23.2 Å². The van der Waals surface area contributed by atoms with Gasteiger partial charge in [-0.25, -0.2) is 0 Å². The van der Waals surface area contributed by atoms with Gasteiger partial charge in [-0.05, 0) is 29.8 Å². The molecule has 0 aromatic heterocycles. The van der Waals surface area contributed by atoms with E-state index >= 15 is 0 Å². The van der Waals surface area contributed by atoms with Gasteiger partial charge in [-0.1, -0.05) is 35.3 Å². The molecule has 0 spiro atoms. The van der Waals surface area contributed by atoms with E-state index in [4.69, 9.17) is 27.9 Å². The van der Waals surface area contributed by atoms with Crippen molar-refractivity contribution in [3.05, 3.63) is 52.0 Å². The molecule has 1 amide bonds. The van der Waals surface area contributed by atoms with Crippen molar-refractivity contribution < 1.29 is 9.53 Å². The molecule has 1 aliphatic heterocycles. The van der Waals surface area contributed by atoms with Crippen LogP contribution in [0.4, 0.5) is 11.4 Å². The first kappa shape index (κ1) is 14.0. The van der Waals surface area contributed by atoms with Crippen molar-refractivity contribution in [2.75, 3.05) is 17.2 Å². The van der Waals surface area contributed by atoms with Gasteiger partial charge in [0.2, 0.25) is 0 Å². The topological polar surface area (TPSA) is 50.4 Å². The average molecular weight is 323 g/mol. The molecule has 0 aliphatic carbocycles. The highest BCUT2D eigenvalue weighted by atomic mass is 35.5. The molecule has 0 fully saturated rings. The number of carbonyl (C=O) groups is 1. The predicted molar refractivity (Wildman–Crippen MR) is 84.4 cm³/mol. The molecule has 108 valence electrons. The molecule has 0 saturated heterocycles. The highest BCUT2D eigenvalue weighted by molar-refractivity contribution is 6.39. The maximum Gasteiger partial charge on any atom is 0.262 e. The van der Waals surface area contributed by atoms with Crippen molar-refractivity contribution in [2.24, 2.45) is 0 Å². The molecule has 0 atom stereocenters. The van der Waals surface area contributed by atoms with E-state index in [0.29, 0.717) is 33.7 Å². The molecule has 0 radical (unpaired) electrons. The summed E-state index contributed by atoms with van der Waals surface area (Å²) < 4.78 is 5.32. The minimum absolute atomic E-state index is 0.0554. The Balaban J connectivity index is 1.77. The van der Waals surface area contributed by atoms with Gasteiger partial charge in [0.25, 0.3) is 5.91 Å². The van der Waals surface area contributed by atoms with Gasteiger partial charge in [0, 0.05) is 6.54 Å². The molecule has 2 aromatic rings. The lowest BCUT2D eigenvalue weighted by Gasteiger charge is -2.19. The summed E-state index contributed by atoms with van der Waals surface area (Å²) in [6.07, 6.45) is 0. The van der Waals surface area contributed by atoms with E-state index in [1.165, 1.54) is 0 Å². The maximum atomic E-state index is 11.3. The van der Waals surface area contributed by atoms with Crippen LogP contribution in [-0.4, -0.2) is 12.5 Å². The summed E-state index contributed by atoms with van der Waals surface area (Å²) in [7, 11) is 0. The number of ether oxygens (including phenoxy) is 1. The largest absolute Gasteiger partial charge is 0.482 e. The first-order chi connectivity index (χ1) is 10.1. The minimum Gasteiger partial charge on any atom is -0.482 e. The van der Waals surface area contributed by atoms with E-state index in [-0.39, 0.29) is 12.5 Å². The van der Waals surface area contributed by atoms with Gasteiger partial charge in [0.15, 0.2) is 6.61 Å². The zero-order chi connectivity index (χ0) is 14.8. The van der Waals surface area contributed by atoms with Gasteiger partial charge in [0.05, 0.1) is 21.4 Å². The number of fused-ring (bicyclic) bond motifs is 1. The molecule has 2 aromatic carbocycles. The average Bonchev–Trinajstić information content (AvgIpc) is 2.46. The minimum atomic E-state index is -0.151. The normalized spacial score (nSPS) is 13.1. The number of benzene rings is 2. The van der Waals surface area contributed by atoms with E-state index < -0.39 is 0 Å². The fraction of sp³-hybridized carbons (Fsp3) is 0.133. The highest BCUT2D eigenvalue weighted by Gasteiger charge is 2.16. The van der Waals surface area contributed by atoms with Gasteiger partial charge >= 0.3 is 0 Å². The highest BCUT2D eigenvalue weighted by Crippen LogP contribution is 2.32. The molecule has 3 rings (SSSR count). The summed E-state index contributed by atoms with van der Waals surface area (Å²) >= 11 is 12.2. The number of carbonyl (C=O) groups excluding carboxylic acids is 1. The SMILES string of the molecule is O=C1COc2ccc(CNc3c(Cl)cccc3Cl)cc2N1. The summed E-state index contributed by atoms with van der Waals surface area (Å²) in [6, 6.07) is 11.0. The van der Waals surface area contributed by atoms with Gasteiger partial charge in [-0.15, -0.1) is 0 Å². The van der Waals surface area contributed by atoms with Gasteiger partial charge in [-0.3, -0.25) is 4.79 Å². The van der Waals surface area contributed by atoms with E-state index in [1.807, 2.05) is 18.2 Å². The summed E-state index contributed by atoms with van der Waals surface area (Å²) in [5.74, 6) is 0.524. The fourth-order valence-corrected chi connectivity index (χ4v) is 2.63. The van der Waals surface area contributed by atoms with Crippen molar-refractivity contribution in [2.45, 2.75) is 6.54 Å². The quantitative estimate of drug-likeness (QED) is 0.900. The lowest BCUT2D eigenvalue weighted by molar-refractivity contribution is -0.118. The van der Waals surface area contributed by atoms with Gasteiger partial charge in [-0.2, -0.15) is 0 Å². The van der Waals surface area contributed by atoms with Crippen LogP contribution in [0.2, 0.25) is 10.0 Å². The van der Waals surface area contributed by atoms with Crippen molar-refractivity contribution in [3.63, 3.8) is 0 Å². The Morgan fingerprint density at radius 3 is 2.71 bits per heavy atom. The van der Waals surface area contributed by atoms with Gasteiger partial charge < -0.3 is 15.4 Å². The lowest BCUT2D eigenvalue weighted by atomic mass is 10.1. The second kappa shape index (κ2) is 5.84. The third-order valence-corrected chi connectivity index (χ3v) is 3.74. The summed E-state index contributed by atoms with van der Waals surface area (Å²) in [5.41, 5.74) is 2.35. The van der Waals surface area contributed by atoms with Crippen LogP contribution in [0, 0.1) is 0 Å². The molecular weight excluding hydrogens is 311 g/mol. The van der Waals surface area contributed by atoms with Crippen LogP contribution in [0.5, 0.6) is 5.75 Å². The van der Waals surface area contributed by atoms with Crippen molar-refractivity contribution in [3.8, 4) is 5.75 Å². The summed E-state index contributed by atoms with van der Waals surface area (Å²) in [4.78, 5) is 11.3. The Morgan fingerprint density at radius 1 is 1.19 bits per heavy atom. The van der Waals surface area contributed by atoms with E-state index in [0.717, 1.165) is 5.56 Å². The number of para-hydroxylation sites is 1. The Labute approximate surface area is 132 Å². The molecular formula is C15H12Cl2N2O2. The first-order valence-electron chi connectivity index (χ1n) is 6.37. The molecule has 1 heterocycles. The molecule has 21 heavy (non-hydrogen) atoms. The Hall–Kier alpha value is -1.91. The molecule has 6 heteroatoms. The molecule has 1 aliphatic rings. The third-order valence-electron chi connectivity index (χ3n) is 3.11. The number of hydrogen-bond donors (Lipinski definition) is 2. The third kappa shape index (κ3) is 3.06. The summed E-state index contributed by atoms with van der Waals surface area (Å²) in [6.45, 7) is 0.590. The summed E-state index contributed by atoms with van der Waals surface area (Å²) in [5, 5.41) is 7.11. The number of nitrogens with one attached hydrogen (secondary N) is 2. The van der Waals surface area contributed by atoms with Crippen molar-refractivity contribution in [1.29, 1.82) is 0 Å². The molecule has 0 unspecified atom stereocenters. The Kier molecular flexibility index (Phi) is 3.90. The second-order valence-electron chi connectivity index (χ2n) is 4.62. The molecule has 4 nitrogen and oxygen atoms in total. The van der Waals surface area contributed by atoms with Crippen LogP contribution in [0.15, 0.2) is 36.4 Å². The molecule has 2 N–H and O–H groups in total. The van der Waals surface area contributed by atoms with Crippen molar-refractivity contribution >= 4 is 40.5 Å². The van der Waals surface area contributed by atoms with Gasteiger partial charge in [0.1, 0.15) is 5.75 Å². The van der Waals surface area contributed by atoms with Crippen molar-refractivity contribution in [1.82, 2.24) is 0 Å². The smallest absolute Gasteiger partial charge is 0.262 e. The van der Waals surface area contributed by atoms with E-state index in [1.54, 1.807) is 18.2 Å². The van der Waals surface area contributed by atoms with E-state index in [9.17, 15) is 4.79 Å². The van der Waals surface area contributed by atoms with Crippen LogP contribution < -0.4 is 15.4 Å². The van der Waals surface area contributed by atoms with E-state index in [2.05, 4.69) is 10.6 Å². The number of hydrogen-bond acceptors (Lipinski definition) is 3. The van der Waals surface area contributed by atoms with Crippen LogP contribution in [0.3, 0.4) is 0 Å². The Bertz CT molecular complexity index is 684. The fourth-order valence-electron chi connectivity index (χ4n) is 2.10. The number of amides is 1. The zero-order valence-corrected chi connectivity index (χ0v) is 12.5. The maximum absolute atomic E-state index is 11.3. The zero-order valence-electron chi connectivity index (χ0n) is 11.0. The number of anilines is 2. The second-order valence-corrected chi connectivity index (χ2v) is 5.43. The van der Waals surface area contributed by atoms with Crippen LogP contribution in [0.1, 0.15) is 5.56 Å². The molecule has 0 bridgehead atoms. The standard InChI is InChI=1S/C15H12Cl2N2O2/c16-10-2-1-3-11(17)15(10)18-7-9-4-5-13-12(6-9)19-14(20)8-21-13/h1-6,18H,7-8H2,(H,19,20). The van der Waals surface area contributed by atoms with Crippen LogP contribution in [-0.2, 0) is 11.3 Å². The Morgan fingerprint density at radius 2 is 1.95 bits per heavy atom. The number of rotatable bonds is 3.